The molecule has 0 aliphatic carbocycles. The fourth-order valence-electron chi connectivity index (χ4n) is 3.39. The molecule has 0 saturated carbocycles. The lowest BCUT2D eigenvalue weighted by Gasteiger charge is -2.27. The van der Waals surface area contributed by atoms with E-state index in [4.69, 9.17) is 9.26 Å². The predicted octanol–water partition coefficient (Wildman–Crippen LogP) is 5.58. The Morgan fingerprint density at radius 2 is 1.84 bits per heavy atom. The number of thiophene rings is 1. The molecule has 0 amide bonds. The molecule has 0 aliphatic heterocycles. The molecular weight excluding hydrogens is 413 g/mol. The van der Waals surface area contributed by atoms with Gasteiger partial charge >= 0.3 is 0 Å². The van der Waals surface area contributed by atoms with E-state index in [2.05, 4.69) is 51.6 Å². The Hall–Kier alpha value is -3.03. The van der Waals surface area contributed by atoms with Crippen LogP contribution >= 0.6 is 11.3 Å². The molecule has 2 heterocycles. The molecule has 4 aromatic rings. The third kappa shape index (κ3) is 5.57. The molecule has 0 radical (unpaired) electrons. The quantitative estimate of drug-likeness (QED) is 0.342. The SMILES string of the molecule is COc1ccc(CN(Cc2nc(-c3ccc(F)cc3)no2)C(C)Cc2cccs2)cc1. The van der Waals surface area contributed by atoms with Gasteiger partial charge in [0.05, 0.1) is 13.7 Å². The monoisotopic (exact) mass is 437 g/mol. The highest BCUT2D eigenvalue weighted by Gasteiger charge is 2.20. The molecule has 2 aromatic carbocycles. The average molecular weight is 438 g/mol. The maximum absolute atomic E-state index is 13.2. The highest BCUT2D eigenvalue weighted by molar-refractivity contribution is 7.09. The summed E-state index contributed by atoms with van der Waals surface area (Å²) in [5, 5.41) is 6.18. The van der Waals surface area contributed by atoms with Crippen LogP contribution < -0.4 is 4.74 Å². The van der Waals surface area contributed by atoms with Gasteiger partial charge in [0.15, 0.2) is 0 Å². The Kier molecular flexibility index (Phi) is 6.74. The maximum Gasteiger partial charge on any atom is 0.241 e. The molecule has 4 rings (SSSR count). The number of hydrogen-bond acceptors (Lipinski definition) is 6. The Morgan fingerprint density at radius 1 is 1.06 bits per heavy atom. The van der Waals surface area contributed by atoms with Crippen molar-refractivity contribution in [2.45, 2.75) is 32.5 Å². The summed E-state index contributed by atoms with van der Waals surface area (Å²) in [5.41, 5.74) is 1.90. The fraction of sp³-hybridized carbons (Fsp3) is 0.250. The van der Waals surface area contributed by atoms with E-state index in [1.54, 1.807) is 30.6 Å². The second-order valence-electron chi connectivity index (χ2n) is 7.40. The van der Waals surface area contributed by atoms with Gasteiger partial charge in [-0.25, -0.2) is 4.39 Å². The minimum atomic E-state index is -0.291. The van der Waals surface area contributed by atoms with Crippen LogP contribution in [-0.4, -0.2) is 28.2 Å². The van der Waals surface area contributed by atoms with Crippen molar-refractivity contribution < 1.29 is 13.7 Å². The van der Waals surface area contributed by atoms with Crippen molar-refractivity contribution in [2.75, 3.05) is 7.11 Å². The lowest BCUT2D eigenvalue weighted by atomic mass is 10.1. The van der Waals surface area contributed by atoms with Crippen LogP contribution in [0.15, 0.2) is 70.6 Å². The largest absolute Gasteiger partial charge is 0.497 e. The zero-order valence-electron chi connectivity index (χ0n) is 17.5. The van der Waals surface area contributed by atoms with Gasteiger partial charge in [-0.1, -0.05) is 23.4 Å². The van der Waals surface area contributed by atoms with Crippen molar-refractivity contribution in [1.82, 2.24) is 15.0 Å². The number of nitrogens with zero attached hydrogens (tertiary/aromatic N) is 3. The number of methoxy groups -OCH3 is 1. The average Bonchev–Trinajstić information content (AvgIpc) is 3.46. The summed E-state index contributed by atoms with van der Waals surface area (Å²) in [6.45, 7) is 3.47. The molecule has 1 atom stereocenters. The first kappa shape index (κ1) is 21.2. The van der Waals surface area contributed by atoms with Crippen molar-refractivity contribution in [2.24, 2.45) is 0 Å². The van der Waals surface area contributed by atoms with E-state index in [0.29, 0.717) is 18.3 Å². The summed E-state index contributed by atoms with van der Waals surface area (Å²) in [5.74, 6) is 1.54. The van der Waals surface area contributed by atoms with Gasteiger partial charge in [-0.2, -0.15) is 4.98 Å². The number of rotatable bonds is 9. The van der Waals surface area contributed by atoms with Crippen LogP contribution in [-0.2, 0) is 19.5 Å². The molecule has 0 fully saturated rings. The van der Waals surface area contributed by atoms with E-state index in [-0.39, 0.29) is 11.9 Å². The van der Waals surface area contributed by atoms with Crippen molar-refractivity contribution in [3.63, 3.8) is 0 Å². The Bertz CT molecular complexity index is 1080. The fourth-order valence-corrected chi connectivity index (χ4v) is 4.22. The van der Waals surface area contributed by atoms with Gasteiger partial charge in [-0.15, -0.1) is 11.3 Å². The van der Waals surface area contributed by atoms with E-state index in [1.807, 2.05) is 12.1 Å². The van der Waals surface area contributed by atoms with Gasteiger partial charge in [0.25, 0.3) is 0 Å². The van der Waals surface area contributed by atoms with Crippen LogP contribution in [0.1, 0.15) is 23.3 Å². The predicted molar refractivity (Wildman–Crippen MR) is 119 cm³/mol. The second kappa shape index (κ2) is 9.85. The number of aromatic nitrogens is 2. The topological polar surface area (TPSA) is 51.4 Å². The normalized spacial score (nSPS) is 12.3. The van der Waals surface area contributed by atoms with Crippen LogP contribution in [0, 0.1) is 5.82 Å². The summed E-state index contributed by atoms with van der Waals surface area (Å²) in [4.78, 5) is 8.20. The number of halogens is 1. The standard InChI is InChI=1S/C24H24FN3O2S/c1-17(14-22-4-3-13-31-22)28(15-18-5-11-21(29-2)12-6-18)16-23-26-24(27-30-23)19-7-9-20(25)10-8-19/h3-13,17H,14-16H2,1-2H3. The third-order valence-corrected chi connectivity index (χ3v) is 6.05. The highest BCUT2D eigenvalue weighted by Crippen LogP contribution is 2.21. The van der Waals surface area contributed by atoms with Crippen molar-refractivity contribution in [1.29, 1.82) is 0 Å². The zero-order chi connectivity index (χ0) is 21.6. The van der Waals surface area contributed by atoms with E-state index >= 15 is 0 Å². The molecule has 0 saturated heterocycles. The smallest absolute Gasteiger partial charge is 0.241 e. The Morgan fingerprint density at radius 3 is 2.52 bits per heavy atom. The van der Waals surface area contributed by atoms with Crippen molar-refractivity contribution in [3.05, 3.63) is 88.2 Å². The van der Waals surface area contributed by atoms with Gasteiger partial charge in [0.1, 0.15) is 11.6 Å². The van der Waals surface area contributed by atoms with Crippen LogP contribution in [0.2, 0.25) is 0 Å². The van der Waals surface area contributed by atoms with Gasteiger partial charge in [-0.05, 0) is 66.8 Å². The molecule has 0 N–H and O–H groups in total. The molecule has 1 unspecified atom stereocenters. The van der Waals surface area contributed by atoms with E-state index in [1.165, 1.54) is 22.6 Å². The van der Waals surface area contributed by atoms with Crippen molar-refractivity contribution >= 4 is 11.3 Å². The van der Waals surface area contributed by atoms with Crippen LogP contribution in [0.25, 0.3) is 11.4 Å². The minimum Gasteiger partial charge on any atom is -0.497 e. The van der Waals surface area contributed by atoms with Crippen LogP contribution in [0.3, 0.4) is 0 Å². The van der Waals surface area contributed by atoms with Crippen molar-refractivity contribution in [3.8, 4) is 17.1 Å². The molecule has 160 valence electrons. The molecule has 31 heavy (non-hydrogen) atoms. The Balaban J connectivity index is 1.52. The second-order valence-corrected chi connectivity index (χ2v) is 8.44. The maximum atomic E-state index is 13.2. The summed E-state index contributed by atoms with van der Waals surface area (Å²) < 4.78 is 24.0. The molecule has 5 nitrogen and oxygen atoms in total. The summed E-state index contributed by atoms with van der Waals surface area (Å²) in [6, 6.07) is 18.7. The minimum absolute atomic E-state index is 0.266. The van der Waals surface area contributed by atoms with Crippen LogP contribution in [0.5, 0.6) is 5.75 Å². The number of ether oxygens (including phenoxy) is 1. The summed E-state index contributed by atoms with van der Waals surface area (Å²) in [6.07, 6.45) is 0.937. The summed E-state index contributed by atoms with van der Waals surface area (Å²) >= 11 is 1.76. The van der Waals surface area contributed by atoms with Gasteiger partial charge in [0, 0.05) is 23.0 Å². The molecular formula is C24H24FN3O2S. The first-order chi connectivity index (χ1) is 15.1. The third-order valence-electron chi connectivity index (χ3n) is 5.15. The van der Waals surface area contributed by atoms with Crippen LogP contribution in [0.4, 0.5) is 4.39 Å². The van der Waals surface area contributed by atoms with Gasteiger partial charge in [-0.3, -0.25) is 4.90 Å². The number of hydrogen-bond donors (Lipinski definition) is 0. The molecule has 0 bridgehead atoms. The molecule has 2 aromatic heterocycles. The van der Waals surface area contributed by atoms with Gasteiger partial charge in [0.2, 0.25) is 11.7 Å². The van der Waals surface area contributed by atoms with E-state index in [0.717, 1.165) is 24.3 Å². The summed E-state index contributed by atoms with van der Waals surface area (Å²) in [7, 11) is 1.67. The number of benzene rings is 2. The van der Waals surface area contributed by atoms with E-state index < -0.39 is 0 Å². The molecule has 7 heteroatoms. The first-order valence-corrected chi connectivity index (χ1v) is 11.0. The zero-order valence-corrected chi connectivity index (χ0v) is 18.3. The highest BCUT2D eigenvalue weighted by atomic mass is 32.1. The molecule has 0 spiro atoms. The lowest BCUT2D eigenvalue weighted by Crippen LogP contribution is -2.33. The van der Waals surface area contributed by atoms with E-state index in [9.17, 15) is 4.39 Å². The van der Waals surface area contributed by atoms with Gasteiger partial charge < -0.3 is 9.26 Å². The first-order valence-electron chi connectivity index (χ1n) is 10.1. The molecule has 0 aliphatic rings. The lowest BCUT2D eigenvalue weighted by molar-refractivity contribution is 0.165. The Labute approximate surface area is 185 Å².